The van der Waals surface area contributed by atoms with Crippen molar-refractivity contribution in [2.75, 3.05) is 17.0 Å². The zero-order valence-corrected chi connectivity index (χ0v) is 13.0. The first-order chi connectivity index (χ1) is 9.46. The standard InChI is InChI=1S/C15H24N2O2S/c1-12(2)13-5-3-6-15(11-13)17-20(18,19)10-4-9-16-14-7-8-14/h3,5-6,11-12,14,16-17H,4,7-10H2,1-2H3. The summed E-state index contributed by atoms with van der Waals surface area (Å²) in [6.07, 6.45) is 3.11. The molecule has 0 unspecified atom stereocenters. The zero-order valence-electron chi connectivity index (χ0n) is 12.2. The minimum absolute atomic E-state index is 0.165. The van der Waals surface area contributed by atoms with E-state index in [1.807, 2.05) is 18.2 Å². The number of rotatable bonds is 8. The van der Waals surface area contributed by atoms with Gasteiger partial charge in [0.05, 0.1) is 5.75 Å². The number of nitrogens with one attached hydrogen (secondary N) is 2. The quantitative estimate of drug-likeness (QED) is 0.725. The lowest BCUT2D eigenvalue weighted by Gasteiger charge is -2.11. The highest BCUT2D eigenvalue weighted by atomic mass is 32.2. The van der Waals surface area contributed by atoms with E-state index in [1.54, 1.807) is 6.07 Å². The monoisotopic (exact) mass is 296 g/mol. The van der Waals surface area contributed by atoms with Gasteiger partial charge in [-0.15, -0.1) is 0 Å². The fourth-order valence-corrected chi connectivity index (χ4v) is 3.16. The second-order valence-corrected chi connectivity index (χ2v) is 7.62. The Labute approximate surface area is 122 Å². The normalized spacial score (nSPS) is 15.6. The molecule has 1 fully saturated rings. The molecular weight excluding hydrogens is 272 g/mol. The molecule has 2 rings (SSSR count). The number of sulfonamides is 1. The van der Waals surface area contributed by atoms with Crippen molar-refractivity contribution < 1.29 is 8.42 Å². The van der Waals surface area contributed by atoms with Crippen LogP contribution in [0.5, 0.6) is 0 Å². The first-order valence-electron chi connectivity index (χ1n) is 7.30. The van der Waals surface area contributed by atoms with Crippen LogP contribution in [-0.4, -0.2) is 26.8 Å². The maximum Gasteiger partial charge on any atom is 0.232 e. The molecule has 0 aliphatic heterocycles. The third kappa shape index (κ3) is 5.13. The minimum Gasteiger partial charge on any atom is -0.314 e. The second kappa shape index (κ2) is 6.59. The smallest absolute Gasteiger partial charge is 0.232 e. The summed E-state index contributed by atoms with van der Waals surface area (Å²) in [5.74, 6) is 0.556. The van der Waals surface area contributed by atoms with Crippen molar-refractivity contribution in [1.29, 1.82) is 0 Å². The third-order valence-electron chi connectivity index (χ3n) is 3.43. The molecule has 20 heavy (non-hydrogen) atoms. The molecule has 1 aromatic rings. The van der Waals surface area contributed by atoms with Crippen LogP contribution in [0.4, 0.5) is 5.69 Å². The van der Waals surface area contributed by atoms with Crippen molar-refractivity contribution in [2.24, 2.45) is 0 Å². The first-order valence-corrected chi connectivity index (χ1v) is 8.95. The molecule has 0 radical (unpaired) electrons. The molecule has 0 aromatic heterocycles. The average Bonchev–Trinajstić information content (AvgIpc) is 3.18. The zero-order chi connectivity index (χ0) is 14.6. The molecule has 4 nitrogen and oxygen atoms in total. The van der Waals surface area contributed by atoms with E-state index in [9.17, 15) is 8.42 Å². The number of hydrogen-bond acceptors (Lipinski definition) is 3. The average molecular weight is 296 g/mol. The van der Waals surface area contributed by atoms with E-state index in [2.05, 4.69) is 23.9 Å². The van der Waals surface area contributed by atoms with Gasteiger partial charge >= 0.3 is 0 Å². The molecule has 1 aromatic carbocycles. The van der Waals surface area contributed by atoms with Crippen LogP contribution in [-0.2, 0) is 10.0 Å². The van der Waals surface area contributed by atoms with Gasteiger partial charge in [0.15, 0.2) is 0 Å². The van der Waals surface area contributed by atoms with Gasteiger partial charge in [-0.3, -0.25) is 4.72 Å². The van der Waals surface area contributed by atoms with Crippen molar-refractivity contribution in [3.05, 3.63) is 29.8 Å². The molecule has 0 heterocycles. The maximum absolute atomic E-state index is 12.0. The topological polar surface area (TPSA) is 58.2 Å². The van der Waals surface area contributed by atoms with Crippen molar-refractivity contribution in [3.8, 4) is 0 Å². The van der Waals surface area contributed by atoms with Crippen LogP contribution in [0.1, 0.15) is 44.6 Å². The van der Waals surface area contributed by atoms with Crippen molar-refractivity contribution in [3.63, 3.8) is 0 Å². The summed E-state index contributed by atoms with van der Waals surface area (Å²) in [6.45, 7) is 4.96. The van der Waals surface area contributed by atoms with E-state index < -0.39 is 10.0 Å². The summed E-state index contributed by atoms with van der Waals surface area (Å²) < 4.78 is 26.7. The van der Waals surface area contributed by atoms with E-state index in [0.29, 0.717) is 24.1 Å². The van der Waals surface area contributed by atoms with Crippen LogP contribution in [0.15, 0.2) is 24.3 Å². The second-order valence-electron chi connectivity index (χ2n) is 5.78. The van der Waals surface area contributed by atoms with Gasteiger partial charge < -0.3 is 5.32 Å². The van der Waals surface area contributed by atoms with Crippen molar-refractivity contribution in [2.45, 2.75) is 45.1 Å². The highest BCUT2D eigenvalue weighted by molar-refractivity contribution is 7.92. The molecule has 1 saturated carbocycles. The van der Waals surface area contributed by atoms with Crippen LogP contribution in [0.3, 0.4) is 0 Å². The molecule has 0 spiro atoms. The van der Waals surface area contributed by atoms with E-state index in [-0.39, 0.29) is 5.75 Å². The van der Waals surface area contributed by atoms with Gasteiger partial charge in [-0.05, 0) is 49.4 Å². The summed E-state index contributed by atoms with van der Waals surface area (Å²) in [5, 5.41) is 3.32. The molecule has 5 heteroatoms. The number of hydrogen-bond donors (Lipinski definition) is 2. The Bertz CT molecular complexity index is 537. The number of anilines is 1. The predicted octanol–water partition coefficient (Wildman–Crippen LogP) is 2.69. The summed E-state index contributed by atoms with van der Waals surface area (Å²) in [7, 11) is -3.24. The Morgan fingerprint density at radius 1 is 1.30 bits per heavy atom. The van der Waals surface area contributed by atoms with E-state index in [4.69, 9.17) is 0 Å². The molecule has 0 amide bonds. The Kier molecular flexibility index (Phi) is 5.05. The van der Waals surface area contributed by atoms with Crippen LogP contribution < -0.4 is 10.0 Å². The molecule has 0 bridgehead atoms. The highest BCUT2D eigenvalue weighted by Gasteiger charge is 2.20. The lowest BCUT2D eigenvalue weighted by Crippen LogP contribution is -2.23. The van der Waals surface area contributed by atoms with E-state index in [0.717, 1.165) is 12.1 Å². The van der Waals surface area contributed by atoms with Crippen LogP contribution in [0, 0.1) is 0 Å². The molecule has 112 valence electrons. The fraction of sp³-hybridized carbons (Fsp3) is 0.600. The Balaban J connectivity index is 1.84. The molecule has 0 atom stereocenters. The first kappa shape index (κ1) is 15.3. The Hall–Kier alpha value is -1.07. The fourth-order valence-electron chi connectivity index (χ4n) is 2.05. The highest BCUT2D eigenvalue weighted by Crippen LogP contribution is 2.20. The molecular formula is C15H24N2O2S. The summed E-state index contributed by atoms with van der Waals surface area (Å²) in [5.41, 5.74) is 1.80. The summed E-state index contributed by atoms with van der Waals surface area (Å²) in [6, 6.07) is 8.24. The molecule has 1 aliphatic rings. The van der Waals surface area contributed by atoms with Crippen LogP contribution in [0.25, 0.3) is 0 Å². The molecule has 2 N–H and O–H groups in total. The lowest BCUT2D eigenvalue weighted by atomic mass is 10.0. The minimum atomic E-state index is -3.24. The summed E-state index contributed by atoms with van der Waals surface area (Å²) in [4.78, 5) is 0. The lowest BCUT2D eigenvalue weighted by molar-refractivity contribution is 0.593. The van der Waals surface area contributed by atoms with Gasteiger partial charge in [0.25, 0.3) is 0 Å². The van der Waals surface area contributed by atoms with Crippen molar-refractivity contribution >= 4 is 15.7 Å². The Morgan fingerprint density at radius 3 is 2.70 bits per heavy atom. The molecule has 0 saturated heterocycles. The SMILES string of the molecule is CC(C)c1cccc(NS(=O)(=O)CCCNC2CC2)c1. The number of benzene rings is 1. The van der Waals surface area contributed by atoms with Gasteiger partial charge in [-0.25, -0.2) is 8.42 Å². The van der Waals surface area contributed by atoms with Gasteiger partial charge in [-0.2, -0.15) is 0 Å². The van der Waals surface area contributed by atoms with Crippen molar-refractivity contribution in [1.82, 2.24) is 5.32 Å². The van der Waals surface area contributed by atoms with E-state index in [1.165, 1.54) is 12.8 Å². The van der Waals surface area contributed by atoms with Gasteiger partial charge in [0.1, 0.15) is 0 Å². The van der Waals surface area contributed by atoms with Gasteiger partial charge in [0, 0.05) is 11.7 Å². The summed E-state index contributed by atoms with van der Waals surface area (Å²) >= 11 is 0. The maximum atomic E-state index is 12.0. The molecule has 1 aliphatic carbocycles. The van der Waals surface area contributed by atoms with E-state index >= 15 is 0 Å². The van der Waals surface area contributed by atoms with Gasteiger partial charge in [0.2, 0.25) is 10.0 Å². The predicted molar refractivity (Wildman–Crippen MR) is 83.6 cm³/mol. The largest absolute Gasteiger partial charge is 0.314 e. The van der Waals surface area contributed by atoms with Gasteiger partial charge in [-0.1, -0.05) is 26.0 Å². The van der Waals surface area contributed by atoms with Crippen LogP contribution in [0.2, 0.25) is 0 Å². The Morgan fingerprint density at radius 2 is 2.05 bits per heavy atom. The van der Waals surface area contributed by atoms with Crippen LogP contribution >= 0.6 is 0 Å². The third-order valence-corrected chi connectivity index (χ3v) is 4.80.